The molecule has 4 N–H and O–H groups in total. The predicted molar refractivity (Wildman–Crippen MR) is 178 cm³/mol. The average molecular weight is 656 g/mol. The first kappa shape index (κ1) is 37.0. The first-order valence-electron chi connectivity index (χ1n) is 15.9. The number of benzene rings is 1. The van der Waals surface area contributed by atoms with E-state index in [4.69, 9.17) is 11.2 Å². The summed E-state index contributed by atoms with van der Waals surface area (Å²) in [6.45, 7) is 1.01. The largest absolute Gasteiger partial charge is 0.436 e. The van der Waals surface area contributed by atoms with Gasteiger partial charge in [-0.25, -0.2) is 9.78 Å². The molecule has 11 nitrogen and oxygen atoms in total. The Morgan fingerprint density at radius 3 is 2.39 bits per heavy atom. The van der Waals surface area contributed by atoms with Crippen molar-refractivity contribution >= 4 is 29.2 Å². The molecule has 5 atom stereocenters. The second kappa shape index (κ2) is 19.2. The Balaban J connectivity index is 1.82. The fourth-order valence-corrected chi connectivity index (χ4v) is 6.12. The number of nitrogens with one attached hydrogen (secondary N) is 2. The monoisotopic (exact) mass is 655 g/mol. The number of carbonyl (C=O) groups is 3. The molecule has 0 radical (unpaired) electrons. The number of likely N-dealkylation sites (N-methyl/N-ethyl adjacent to an activating group) is 2. The second-order valence-corrected chi connectivity index (χ2v) is 13.1. The third-order valence-corrected chi connectivity index (χ3v) is 8.93. The number of aliphatic hydroxyl groups is 2. The van der Waals surface area contributed by atoms with Gasteiger partial charge in [-0.05, 0) is 32.0 Å². The summed E-state index contributed by atoms with van der Waals surface area (Å²) in [7, 11) is 5.40. The van der Waals surface area contributed by atoms with Crippen LogP contribution < -0.4 is 10.6 Å². The number of carbonyl (C=O) groups excluding carboxylic acids is 3. The van der Waals surface area contributed by atoms with E-state index in [9.17, 15) is 24.6 Å². The number of thiazole rings is 1. The highest BCUT2D eigenvalue weighted by Crippen LogP contribution is 2.28. The lowest BCUT2D eigenvalue weighted by Crippen LogP contribution is -2.57. The fraction of sp³-hybridized carbons (Fsp3) is 0.588. The Morgan fingerprint density at radius 2 is 1.76 bits per heavy atom. The molecule has 1 aromatic carbocycles. The van der Waals surface area contributed by atoms with Crippen LogP contribution in [0.1, 0.15) is 56.2 Å². The molecule has 3 amide bonds. The van der Waals surface area contributed by atoms with E-state index in [1.165, 1.54) is 16.2 Å². The zero-order valence-electron chi connectivity index (χ0n) is 27.1. The molecule has 12 heteroatoms. The van der Waals surface area contributed by atoms with Gasteiger partial charge in [0.25, 0.3) is 5.91 Å². The van der Waals surface area contributed by atoms with Crippen molar-refractivity contribution in [2.24, 2.45) is 5.92 Å². The van der Waals surface area contributed by atoms with Crippen molar-refractivity contribution in [2.75, 3.05) is 34.2 Å². The van der Waals surface area contributed by atoms with Crippen LogP contribution in [-0.4, -0.2) is 108 Å². The Bertz CT molecular complexity index is 1250. The number of ether oxygens (including phenoxy) is 1. The van der Waals surface area contributed by atoms with Crippen LogP contribution in [0.5, 0.6) is 0 Å². The highest BCUT2D eigenvalue weighted by Gasteiger charge is 2.34. The Hall–Kier alpha value is -3.50. The molecule has 252 valence electrons. The molecule has 1 aliphatic rings. The van der Waals surface area contributed by atoms with Crippen LogP contribution in [0.25, 0.3) is 0 Å². The zero-order chi connectivity index (χ0) is 33.5. The number of nitrogens with zero attached hydrogens (tertiary/aromatic N) is 3. The van der Waals surface area contributed by atoms with E-state index in [2.05, 4.69) is 21.5 Å². The molecule has 1 aromatic heterocycles. The van der Waals surface area contributed by atoms with E-state index in [0.29, 0.717) is 25.2 Å². The third kappa shape index (κ3) is 12.4. The summed E-state index contributed by atoms with van der Waals surface area (Å²) >= 11 is 1.36. The van der Waals surface area contributed by atoms with E-state index in [1.807, 2.05) is 49.3 Å². The molecule has 1 aliphatic carbocycles. The van der Waals surface area contributed by atoms with Gasteiger partial charge < -0.3 is 35.4 Å². The van der Waals surface area contributed by atoms with Gasteiger partial charge in [0.2, 0.25) is 5.91 Å². The van der Waals surface area contributed by atoms with E-state index in [-0.39, 0.29) is 25.2 Å². The summed E-state index contributed by atoms with van der Waals surface area (Å²) in [6, 6.07) is 7.32. The van der Waals surface area contributed by atoms with Gasteiger partial charge in [-0.1, -0.05) is 62.4 Å². The summed E-state index contributed by atoms with van der Waals surface area (Å²) in [5.41, 5.74) is 3.02. The van der Waals surface area contributed by atoms with Crippen molar-refractivity contribution in [3.63, 3.8) is 0 Å². The highest BCUT2D eigenvalue weighted by atomic mass is 32.1. The zero-order valence-corrected chi connectivity index (χ0v) is 28.0. The van der Waals surface area contributed by atoms with Crippen LogP contribution in [-0.2, 0) is 27.2 Å². The maximum Gasteiger partial charge on any atom is 0.410 e. The van der Waals surface area contributed by atoms with Crippen molar-refractivity contribution in [2.45, 2.75) is 88.2 Å². The van der Waals surface area contributed by atoms with Crippen molar-refractivity contribution < 1.29 is 29.3 Å². The number of amides is 3. The molecular formula is C34H49N5O6S. The van der Waals surface area contributed by atoms with Crippen LogP contribution >= 0.6 is 11.3 Å². The van der Waals surface area contributed by atoms with E-state index < -0.39 is 48.3 Å². The summed E-state index contributed by atoms with van der Waals surface area (Å²) < 4.78 is 5.72. The molecule has 0 unspecified atom stereocenters. The molecule has 1 heterocycles. The lowest BCUT2D eigenvalue weighted by molar-refractivity contribution is -0.135. The molecule has 3 rings (SSSR count). The average Bonchev–Trinajstić information content (AvgIpc) is 3.56. The third-order valence-electron chi connectivity index (χ3n) is 8.30. The minimum atomic E-state index is -1.29. The van der Waals surface area contributed by atoms with Gasteiger partial charge in [0, 0.05) is 44.8 Å². The number of aromatic nitrogens is 1. The number of rotatable bonds is 17. The van der Waals surface area contributed by atoms with Gasteiger partial charge in [-0.15, -0.1) is 23.7 Å². The summed E-state index contributed by atoms with van der Waals surface area (Å²) in [4.78, 5) is 48.4. The first-order valence-corrected chi connectivity index (χ1v) is 16.9. The summed E-state index contributed by atoms with van der Waals surface area (Å²) in [5, 5.41) is 29.1. The lowest BCUT2D eigenvalue weighted by Gasteiger charge is -2.33. The van der Waals surface area contributed by atoms with Crippen LogP contribution in [0, 0.1) is 18.3 Å². The van der Waals surface area contributed by atoms with E-state index in [1.54, 1.807) is 17.9 Å². The number of hydrogen-bond donors (Lipinski definition) is 4. The lowest BCUT2D eigenvalue weighted by atomic mass is 9.82. The normalized spacial score (nSPS) is 16.8. The number of terminal acetylenes is 1. The van der Waals surface area contributed by atoms with Crippen LogP contribution in [0.15, 0.2) is 41.2 Å². The molecule has 0 spiro atoms. The summed E-state index contributed by atoms with van der Waals surface area (Å²) in [5.74, 6) is 1.48. The molecule has 1 saturated carbocycles. The molecule has 0 saturated heterocycles. The van der Waals surface area contributed by atoms with Crippen molar-refractivity contribution in [3.05, 3.63) is 52.5 Å². The molecule has 46 heavy (non-hydrogen) atoms. The highest BCUT2D eigenvalue weighted by molar-refractivity contribution is 7.07. The SMILES string of the molecule is C#CC[C@H](O)[C@H](O)[C@H](CC1CCCCC1)NC(=O)[C@H](Cc1cscn1)NC(=O)[C@H](Cc1ccccc1)OC(=O)N(C)CCN(C)C. The van der Waals surface area contributed by atoms with Gasteiger partial charge in [0.1, 0.15) is 12.1 Å². The molecule has 1 fully saturated rings. The van der Waals surface area contributed by atoms with Crippen molar-refractivity contribution in [1.82, 2.24) is 25.4 Å². The van der Waals surface area contributed by atoms with Gasteiger partial charge in [-0.3, -0.25) is 9.59 Å². The fourth-order valence-electron chi connectivity index (χ4n) is 5.55. The van der Waals surface area contributed by atoms with Gasteiger partial charge in [0.05, 0.1) is 23.4 Å². The Kier molecular flexibility index (Phi) is 15.5. The number of hydrogen-bond acceptors (Lipinski definition) is 9. The number of aliphatic hydroxyl groups excluding tert-OH is 2. The molecule has 0 aliphatic heterocycles. The minimum absolute atomic E-state index is 0.0628. The van der Waals surface area contributed by atoms with Crippen molar-refractivity contribution in [3.8, 4) is 12.3 Å². The quantitative estimate of drug-likeness (QED) is 0.191. The molecular weight excluding hydrogens is 606 g/mol. The van der Waals surface area contributed by atoms with E-state index in [0.717, 1.165) is 37.7 Å². The summed E-state index contributed by atoms with van der Waals surface area (Å²) in [6.07, 6.45) is 6.84. The molecule has 2 aromatic rings. The smallest absolute Gasteiger partial charge is 0.410 e. The van der Waals surface area contributed by atoms with Crippen molar-refractivity contribution in [1.29, 1.82) is 0 Å². The maximum atomic E-state index is 13.9. The van der Waals surface area contributed by atoms with Gasteiger partial charge in [-0.2, -0.15) is 0 Å². The Morgan fingerprint density at radius 1 is 1.04 bits per heavy atom. The van der Waals surface area contributed by atoms with Crippen LogP contribution in [0.3, 0.4) is 0 Å². The van der Waals surface area contributed by atoms with Gasteiger partial charge in [0.15, 0.2) is 6.10 Å². The second-order valence-electron chi connectivity index (χ2n) is 12.4. The maximum absolute atomic E-state index is 13.9. The Labute approximate surface area is 276 Å². The molecule has 0 bridgehead atoms. The van der Waals surface area contributed by atoms with Crippen LogP contribution in [0.4, 0.5) is 4.79 Å². The standard InChI is InChI=1S/C34H49N5O6S/c1-5-12-29(40)31(41)27(19-24-13-8-6-9-14-24)36-32(42)28(21-26-22-46-23-35-26)37-33(43)30(20-25-15-10-7-11-16-25)45-34(44)39(4)18-17-38(2)3/h1,7,10-11,15-16,22-24,27-31,40-41H,6,8-9,12-14,17-21H2,2-4H3,(H,36,42)(H,37,43)/t27-,28-,29-,30-,31+/m0/s1. The predicted octanol–water partition coefficient (Wildman–Crippen LogP) is 2.61. The topological polar surface area (TPSA) is 144 Å². The van der Waals surface area contributed by atoms with Gasteiger partial charge >= 0.3 is 6.09 Å². The van der Waals surface area contributed by atoms with Crippen LogP contribution in [0.2, 0.25) is 0 Å². The van der Waals surface area contributed by atoms with E-state index >= 15 is 0 Å². The minimum Gasteiger partial charge on any atom is -0.436 e. The first-order chi connectivity index (χ1) is 22.1.